The lowest BCUT2D eigenvalue weighted by Crippen LogP contribution is -2.48. The van der Waals surface area contributed by atoms with Crippen molar-refractivity contribution in [2.45, 2.75) is 39.8 Å². The summed E-state index contributed by atoms with van der Waals surface area (Å²) in [5.41, 5.74) is 1.82. The van der Waals surface area contributed by atoms with Crippen LogP contribution in [-0.4, -0.2) is 29.3 Å². The van der Waals surface area contributed by atoms with Gasteiger partial charge in [0.25, 0.3) is 0 Å². The monoisotopic (exact) mass is 464 g/mol. The number of hydrogen-bond donors (Lipinski definition) is 1. The first kappa shape index (κ1) is 22.4. The van der Waals surface area contributed by atoms with E-state index in [1.807, 2.05) is 50.2 Å². The Morgan fingerprint density at radius 3 is 2.36 bits per heavy atom. The Balaban J connectivity index is 2.19. The zero-order valence-electron chi connectivity index (χ0n) is 16.4. The maximum absolute atomic E-state index is 13.1. The van der Waals surface area contributed by atoms with Crippen molar-refractivity contribution in [3.8, 4) is 0 Å². The van der Waals surface area contributed by atoms with Crippen LogP contribution >= 0.6 is 27.5 Å². The number of benzene rings is 2. The number of rotatable bonds is 8. The Bertz CT molecular complexity index is 808. The Kier molecular flexibility index (Phi) is 8.52. The van der Waals surface area contributed by atoms with Gasteiger partial charge in [0.2, 0.25) is 11.8 Å². The second-order valence-electron chi connectivity index (χ2n) is 7.27. The number of halogens is 2. The molecule has 2 aromatic rings. The molecule has 4 nitrogen and oxygen atoms in total. The van der Waals surface area contributed by atoms with Gasteiger partial charge in [-0.2, -0.15) is 0 Å². The molecule has 0 aromatic heterocycles. The van der Waals surface area contributed by atoms with Gasteiger partial charge >= 0.3 is 0 Å². The van der Waals surface area contributed by atoms with Crippen molar-refractivity contribution < 1.29 is 9.59 Å². The predicted molar refractivity (Wildman–Crippen MR) is 117 cm³/mol. The fourth-order valence-corrected chi connectivity index (χ4v) is 3.32. The number of amides is 2. The molecule has 0 saturated heterocycles. The first-order valence-corrected chi connectivity index (χ1v) is 10.5. The van der Waals surface area contributed by atoms with Gasteiger partial charge in [-0.15, -0.1) is 0 Å². The van der Waals surface area contributed by atoms with Crippen LogP contribution < -0.4 is 5.32 Å². The van der Waals surface area contributed by atoms with Gasteiger partial charge in [-0.3, -0.25) is 9.59 Å². The molecule has 1 N–H and O–H groups in total. The Morgan fingerprint density at radius 1 is 1.07 bits per heavy atom. The number of nitrogens with zero attached hydrogens (tertiary/aromatic N) is 1. The Hall–Kier alpha value is -1.85. The summed E-state index contributed by atoms with van der Waals surface area (Å²) < 4.78 is 0.937. The minimum absolute atomic E-state index is 0.102. The molecule has 150 valence electrons. The molecule has 0 bridgehead atoms. The summed E-state index contributed by atoms with van der Waals surface area (Å²) in [5, 5.41) is 3.55. The fraction of sp³-hybridized carbons (Fsp3) is 0.364. The minimum atomic E-state index is -0.572. The second kappa shape index (κ2) is 10.6. The van der Waals surface area contributed by atoms with E-state index in [1.165, 1.54) is 0 Å². The van der Waals surface area contributed by atoms with E-state index >= 15 is 0 Å². The van der Waals surface area contributed by atoms with Crippen molar-refractivity contribution in [1.29, 1.82) is 0 Å². The molecule has 0 radical (unpaired) electrons. The van der Waals surface area contributed by atoms with Gasteiger partial charge in [-0.05, 0) is 48.2 Å². The topological polar surface area (TPSA) is 49.4 Å². The predicted octanol–water partition coefficient (Wildman–Crippen LogP) is 4.83. The van der Waals surface area contributed by atoms with Gasteiger partial charge < -0.3 is 10.2 Å². The smallest absolute Gasteiger partial charge is 0.242 e. The highest BCUT2D eigenvalue weighted by molar-refractivity contribution is 9.10. The lowest BCUT2D eigenvalue weighted by Gasteiger charge is -2.29. The highest BCUT2D eigenvalue weighted by atomic mass is 79.9. The summed E-state index contributed by atoms with van der Waals surface area (Å²) in [6.45, 7) is 6.79. The minimum Gasteiger partial charge on any atom is -0.354 e. The Labute approximate surface area is 180 Å². The number of nitrogens with one attached hydrogen (secondary N) is 1. The van der Waals surface area contributed by atoms with Crippen molar-refractivity contribution >= 4 is 39.3 Å². The van der Waals surface area contributed by atoms with Crippen LogP contribution in [-0.2, 0) is 22.6 Å². The molecule has 28 heavy (non-hydrogen) atoms. The van der Waals surface area contributed by atoms with Gasteiger partial charge in [0.15, 0.2) is 0 Å². The molecule has 6 heteroatoms. The third-order valence-electron chi connectivity index (χ3n) is 4.36. The van der Waals surface area contributed by atoms with Crippen LogP contribution in [0.15, 0.2) is 53.0 Å². The lowest BCUT2D eigenvalue weighted by atomic mass is 10.1. The molecule has 2 amide bonds. The summed E-state index contributed by atoms with van der Waals surface area (Å²) in [5.74, 6) is 0.0992. The molecule has 0 unspecified atom stereocenters. The lowest BCUT2D eigenvalue weighted by molar-refractivity contribution is -0.140. The largest absolute Gasteiger partial charge is 0.354 e. The Morgan fingerprint density at radius 2 is 1.75 bits per heavy atom. The quantitative estimate of drug-likeness (QED) is 0.607. The van der Waals surface area contributed by atoms with Crippen LogP contribution in [0.4, 0.5) is 0 Å². The van der Waals surface area contributed by atoms with Gasteiger partial charge in [0.1, 0.15) is 6.04 Å². The zero-order chi connectivity index (χ0) is 20.7. The van der Waals surface area contributed by atoms with E-state index in [0.717, 1.165) is 15.6 Å². The number of carbonyl (C=O) groups is 2. The third-order valence-corrected chi connectivity index (χ3v) is 5.11. The van der Waals surface area contributed by atoms with Crippen LogP contribution in [0.2, 0.25) is 5.02 Å². The number of carbonyl (C=O) groups excluding carboxylic acids is 2. The molecule has 0 spiro atoms. The van der Waals surface area contributed by atoms with Crippen molar-refractivity contribution in [3.05, 3.63) is 69.2 Å². The highest BCUT2D eigenvalue weighted by Crippen LogP contribution is 2.17. The van der Waals surface area contributed by atoms with Gasteiger partial charge in [0.05, 0.1) is 6.42 Å². The van der Waals surface area contributed by atoms with E-state index in [-0.39, 0.29) is 18.2 Å². The first-order chi connectivity index (χ1) is 13.3. The van der Waals surface area contributed by atoms with Gasteiger partial charge in [-0.25, -0.2) is 0 Å². The van der Waals surface area contributed by atoms with Crippen molar-refractivity contribution in [1.82, 2.24) is 10.2 Å². The molecular weight excluding hydrogens is 440 g/mol. The molecule has 0 saturated carbocycles. The van der Waals surface area contributed by atoms with Crippen LogP contribution in [0, 0.1) is 5.92 Å². The normalized spacial score (nSPS) is 11.9. The van der Waals surface area contributed by atoms with Crippen LogP contribution in [0.25, 0.3) is 0 Å². The van der Waals surface area contributed by atoms with Crippen molar-refractivity contribution in [3.63, 3.8) is 0 Å². The van der Waals surface area contributed by atoms with Crippen LogP contribution in [0.1, 0.15) is 31.9 Å². The molecular formula is C22H26BrClN2O2. The first-order valence-electron chi connectivity index (χ1n) is 9.32. The van der Waals surface area contributed by atoms with E-state index in [2.05, 4.69) is 21.2 Å². The van der Waals surface area contributed by atoms with E-state index < -0.39 is 6.04 Å². The van der Waals surface area contributed by atoms with Gasteiger partial charge in [0, 0.05) is 22.6 Å². The molecule has 2 aromatic carbocycles. The average molecular weight is 466 g/mol. The van der Waals surface area contributed by atoms with E-state index in [1.54, 1.807) is 24.0 Å². The molecule has 2 rings (SSSR count). The maximum atomic E-state index is 13.1. The van der Waals surface area contributed by atoms with Gasteiger partial charge in [-0.1, -0.05) is 65.6 Å². The van der Waals surface area contributed by atoms with Crippen LogP contribution in [0.5, 0.6) is 0 Å². The second-order valence-corrected chi connectivity index (χ2v) is 8.62. The summed E-state index contributed by atoms with van der Waals surface area (Å²) in [6, 6.07) is 14.4. The number of hydrogen-bond acceptors (Lipinski definition) is 2. The third kappa shape index (κ3) is 6.95. The standard InChI is InChI=1S/C22H26BrClN2O2/c1-15(2)13-25-22(28)16(3)26(14-18-5-4-6-19(23)11-18)21(27)12-17-7-9-20(24)10-8-17/h4-11,15-16H,12-14H2,1-3H3,(H,25,28)/t16-/m1/s1. The summed E-state index contributed by atoms with van der Waals surface area (Å²) in [7, 11) is 0. The molecule has 0 aliphatic carbocycles. The summed E-state index contributed by atoms with van der Waals surface area (Å²) >= 11 is 9.39. The van der Waals surface area contributed by atoms with Crippen molar-refractivity contribution in [2.24, 2.45) is 5.92 Å². The molecule has 0 aliphatic heterocycles. The van der Waals surface area contributed by atoms with Crippen LogP contribution in [0.3, 0.4) is 0 Å². The van der Waals surface area contributed by atoms with E-state index in [9.17, 15) is 9.59 Å². The SMILES string of the molecule is CC(C)CNC(=O)[C@@H](C)N(Cc1cccc(Br)c1)C(=O)Cc1ccc(Cl)cc1. The fourth-order valence-electron chi connectivity index (χ4n) is 2.75. The molecule has 1 atom stereocenters. The molecule has 0 aliphatic rings. The van der Waals surface area contributed by atoms with E-state index in [0.29, 0.717) is 24.0 Å². The average Bonchev–Trinajstić information content (AvgIpc) is 2.65. The maximum Gasteiger partial charge on any atom is 0.242 e. The molecule has 0 heterocycles. The summed E-state index contributed by atoms with van der Waals surface area (Å²) in [6.07, 6.45) is 0.215. The zero-order valence-corrected chi connectivity index (χ0v) is 18.8. The molecule has 0 fully saturated rings. The highest BCUT2D eigenvalue weighted by Gasteiger charge is 2.26. The van der Waals surface area contributed by atoms with Crippen molar-refractivity contribution in [2.75, 3.05) is 6.54 Å². The van der Waals surface area contributed by atoms with E-state index in [4.69, 9.17) is 11.6 Å². The summed E-state index contributed by atoms with van der Waals surface area (Å²) in [4.78, 5) is 27.3.